The average Bonchev–Trinajstić information content (AvgIpc) is 3.15. The van der Waals surface area contributed by atoms with Crippen LogP contribution in [0.2, 0.25) is 0 Å². The molecule has 0 saturated carbocycles. The van der Waals surface area contributed by atoms with E-state index in [-0.39, 0.29) is 22.5 Å². The molecule has 33 heavy (non-hydrogen) atoms. The van der Waals surface area contributed by atoms with Gasteiger partial charge in [0.15, 0.2) is 0 Å². The SMILES string of the molecule is N#Cc1cccc(C#N)c1-c1nc2c3ccccc3c3ccccc3c2n1CP(O)(O)(O)O. The van der Waals surface area contributed by atoms with Crippen LogP contribution in [0.5, 0.6) is 0 Å². The summed E-state index contributed by atoms with van der Waals surface area (Å²) < 4.78 is 1.28. The van der Waals surface area contributed by atoms with Crippen molar-refractivity contribution < 1.29 is 19.6 Å². The van der Waals surface area contributed by atoms with Gasteiger partial charge in [0.1, 0.15) is 0 Å². The van der Waals surface area contributed by atoms with Crippen LogP contribution in [0.4, 0.5) is 0 Å². The summed E-state index contributed by atoms with van der Waals surface area (Å²) in [4.78, 5) is 44.9. The van der Waals surface area contributed by atoms with E-state index in [0.29, 0.717) is 16.4 Å². The van der Waals surface area contributed by atoms with E-state index in [9.17, 15) is 30.1 Å². The molecule has 4 N–H and O–H groups in total. The number of benzene rings is 4. The van der Waals surface area contributed by atoms with Gasteiger partial charge in [0.05, 0.1) is 0 Å². The van der Waals surface area contributed by atoms with Gasteiger partial charge in [0, 0.05) is 0 Å². The monoisotopic (exact) mass is 456 g/mol. The summed E-state index contributed by atoms with van der Waals surface area (Å²) >= 11 is 0. The van der Waals surface area contributed by atoms with Crippen molar-refractivity contribution >= 4 is 40.1 Å². The van der Waals surface area contributed by atoms with Crippen LogP contribution in [-0.4, -0.2) is 29.1 Å². The van der Waals surface area contributed by atoms with Gasteiger partial charge in [0.2, 0.25) is 0 Å². The van der Waals surface area contributed by atoms with Gasteiger partial charge >= 0.3 is 187 Å². The molecule has 162 valence electrons. The van der Waals surface area contributed by atoms with Gasteiger partial charge < -0.3 is 0 Å². The van der Waals surface area contributed by atoms with Gasteiger partial charge in [-0.2, -0.15) is 0 Å². The van der Waals surface area contributed by atoms with E-state index in [0.717, 1.165) is 16.2 Å². The Balaban J connectivity index is 2.06. The van der Waals surface area contributed by atoms with Crippen molar-refractivity contribution in [1.82, 2.24) is 9.55 Å². The fourth-order valence-corrected chi connectivity index (χ4v) is 5.11. The summed E-state index contributed by atoms with van der Waals surface area (Å²) in [7, 11) is -6.08. The zero-order valence-corrected chi connectivity index (χ0v) is 18.0. The summed E-state index contributed by atoms with van der Waals surface area (Å²) in [6, 6.07) is 23.7. The number of fused-ring (bicyclic) bond motifs is 6. The Hall–Kier alpha value is -3.88. The molecule has 0 fully saturated rings. The molecule has 5 aromatic rings. The number of hydrogen-bond acceptors (Lipinski definition) is 7. The Labute approximate surface area is 187 Å². The Morgan fingerprint density at radius 1 is 0.727 bits per heavy atom. The molecule has 4 aromatic carbocycles. The molecule has 9 heteroatoms. The second-order valence-corrected chi connectivity index (χ2v) is 10.3. The Kier molecular flexibility index (Phi) is 4.49. The minimum atomic E-state index is -6.08. The van der Waals surface area contributed by atoms with E-state index >= 15 is 0 Å². The maximum atomic E-state index is 10.0. The molecule has 0 saturated heterocycles. The van der Waals surface area contributed by atoms with Crippen LogP contribution in [-0.2, 0) is 6.29 Å². The number of aromatic nitrogens is 2. The van der Waals surface area contributed by atoms with Crippen LogP contribution in [0, 0.1) is 22.7 Å². The number of rotatable bonds is 3. The summed E-state index contributed by atoms with van der Waals surface area (Å²) in [6.07, 6.45) is -0.982. The Bertz CT molecular complexity index is 1650. The van der Waals surface area contributed by atoms with Crippen LogP contribution in [0.15, 0.2) is 66.7 Å². The normalized spacial score (nSPS) is 13.0. The standard InChI is InChI=1S/C24H17N4O4P/c25-12-15-6-5-7-16(13-26)21(15)24-27-22-19-10-3-1-8-17(19)18-9-2-4-11-20(18)23(22)28(24)14-33(29,30,31)32/h1-11,29-32H,14H2. The third-order valence-corrected chi connectivity index (χ3v) is 6.33. The maximum absolute atomic E-state index is 10.0. The van der Waals surface area contributed by atoms with Gasteiger partial charge in [-0.1, -0.05) is 0 Å². The zero-order chi connectivity index (χ0) is 23.4. The first-order valence-corrected chi connectivity index (χ1v) is 12.2. The average molecular weight is 456 g/mol. The summed E-state index contributed by atoms with van der Waals surface area (Å²) in [5, 5.41) is 22.6. The first kappa shape index (κ1) is 21.0. The molecule has 0 radical (unpaired) electrons. The second kappa shape index (κ2) is 7.06. The van der Waals surface area contributed by atoms with Crippen molar-refractivity contribution in [2.45, 2.75) is 6.29 Å². The van der Waals surface area contributed by atoms with Gasteiger partial charge in [-0.25, -0.2) is 0 Å². The fraction of sp³-hybridized carbons (Fsp3) is 0.0417. The zero-order valence-electron chi connectivity index (χ0n) is 17.1. The molecular formula is C24H17N4O4P. The summed E-state index contributed by atoms with van der Waals surface area (Å²) in [5.41, 5.74) is 1.36. The van der Waals surface area contributed by atoms with Gasteiger partial charge in [-0.05, 0) is 0 Å². The molecule has 0 aliphatic heterocycles. The van der Waals surface area contributed by atoms with E-state index in [1.165, 1.54) is 16.7 Å². The number of nitrogens with zero attached hydrogens (tertiary/aromatic N) is 4. The molecule has 1 aromatic heterocycles. The number of imidazole rings is 1. The topological polar surface area (TPSA) is 146 Å². The number of hydrogen-bond donors (Lipinski definition) is 4. The molecule has 0 aliphatic carbocycles. The van der Waals surface area contributed by atoms with Crippen molar-refractivity contribution in [2.24, 2.45) is 0 Å². The Morgan fingerprint density at radius 2 is 1.24 bits per heavy atom. The predicted octanol–water partition coefficient (Wildman–Crippen LogP) is 3.89. The molecule has 0 atom stereocenters. The summed E-state index contributed by atoms with van der Waals surface area (Å²) in [5.74, 6) is 0.0559. The van der Waals surface area contributed by atoms with Crippen LogP contribution >= 0.6 is 7.51 Å². The second-order valence-electron chi connectivity index (χ2n) is 7.85. The molecular weight excluding hydrogens is 439 g/mol. The van der Waals surface area contributed by atoms with E-state index in [1.807, 2.05) is 60.7 Å². The third-order valence-electron chi connectivity index (χ3n) is 5.55. The first-order chi connectivity index (χ1) is 15.7. The van der Waals surface area contributed by atoms with Crippen molar-refractivity contribution in [1.29, 1.82) is 10.5 Å². The quantitative estimate of drug-likeness (QED) is 0.238. The van der Waals surface area contributed by atoms with Gasteiger partial charge in [0.25, 0.3) is 0 Å². The van der Waals surface area contributed by atoms with Crippen LogP contribution < -0.4 is 0 Å². The number of nitriles is 2. The van der Waals surface area contributed by atoms with Crippen LogP contribution in [0.25, 0.3) is 44.0 Å². The van der Waals surface area contributed by atoms with Crippen LogP contribution in [0.1, 0.15) is 11.1 Å². The minimum absolute atomic E-state index is 0.0559. The van der Waals surface area contributed by atoms with Crippen molar-refractivity contribution in [2.75, 3.05) is 0 Å². The van der Waals surface area contributed by atoms with E-state index in [1.54, 1.807) is 6.07 Å². The Morgan fingerprint density at radius 3 is 1.79 bits per heavy atom. The molecule has 0 unspecified atom stereocenters. The predicted molar refractivity (Wildman–Crippen MR) is 125 cm³/mol. The van der Waals surface area contributed by atoms with E-state index in [4.69, 9.17) is 4.98 Å². The molecule has 5 rings (SSSR count). The molecule has 0 spiro atoms. The molecule has 8 nitrogen and oxygen atoms in total. The van der Waals surface area contributed by atoms with E-state index < -0.39 is 13.8 Å². The fourth-order valence-electron chi connectivity index (χ4n) is 4.32. The molecule has 0 aliphatic rings. The third kappa shape index (κ3) is 3.49. The van der Waals surface area contributed by atoms with Crippen molar-refractivity contribution in [3.8, 4) is 23.5 Å². The molecule has 0 bridgehead atoms. The van der Waals surface area contributed by atoms with Crippen LogP contribution in [0.3, 0.4) is 0 Å². The van der Waals surface area contributed by atoms with E-state index in [2.05, 4.69) is 0 Å². The first-order valence-electron chi connectivity index (χ1n) is 9.92. The summed E-state index contributed by atoms with van der Waals surface area (Å²) in [6.45, 7) is 0. The molecule has 0 amide bonds. The van der Waals surface area contributed by atoms with Crippen molar-refractivity contribution in [3.05, 3.63) is 77.9 Å². The van der Waals surface area contributed by atoms with Gasteiger partial charge in [-0.3, -0.25) is 0 Å². The van der Waals surface area contributed by atoms with Gasteiger partial charge in [-0.15, -0.1) is 0 Å². The molecule has 1 heterocycles. The van der Waals surface area contributed by atoms with Crippen molar-refractivity contribution in [3.63, 3.8) is 0 Å².